The summed E-state index contributed by atoms with van der Waals surface area (Å²) in [6.45, 7) is 8.66. The minimum absolute atomic E-state index is 0.0162. The van der Waals surface area contributed by atoms with Crippen LogP contribution in [-0.4, -0.2) is 51.8 Å². The molecule has 1 aliphatic heterocycles. The summed E-state index contributed by atoms with van der Waals surface area (Å²) in [6, 6.07) is 16.1. The first-order chi connectivity index (χ1) is 17.6. The van der Waals surface area contributed by atoms with Gasteiger partial charge in [0.15, 0.2) is 0 Å². The molecule has 2 amide bonds. The fraction of sp³-hybridized carbons (Fsp3) is 0.533. The van der Waals surface area contributed by atoms with Crippen LogP contribution in [0, 0.1) is 12.8 Å². The summed E-state index contributed by atoms with van der Waals surface area (Å²) < 4.78 is 0. The number of carbonyl (C=O) groups is 2. The number of piperidine rings is 1. The summed E-state index contributed by atoms with van der Waals surface area (Å²) in [4.78, 5) is 26.0. The van der Waals surface area contributed by atoms with Crippen molar-refractivity contribution in [1.29, 1.82) is 0 Å². The number of hydrogen-bond acceptors (Lipinski definition) is 4. The van der Waals surface area contributed by atoms with Crippen molar-refractivity contribution in [2.45, 2.75) is 82.8 Å². The molecule has 200 valence electrons. The number of carboxylic acids is 1. The summed E-state index contributed by atoms with van der Waals surface area (Å²) in [5, 5.41) is 25.5. The molecule has 1 heterocycles. The number of carboxylic acid groups (broad SMARTS) is 1. The number of rotatable bonds is 7. The fourth-order valence-corrected chi connectivity index (χ4v) is 6.17. The van der Waals surface area contributed by atoms with Crippen LogP contribution < -0.4 is 10.6 Å². The molecule has 7 nitrogen and oxygen atoms in total. The molecule has 0 unspecified atom stereocenters. The molecule has 2 aliphatic rings. The Morgan fingerprint density at radius 3 is 2.19 bits per heavy atom. The molecule has 2 aromatic carbocycles. The molecule has 0 radical (unpaired) electrons. The van der Waals surface area contributed by atoms with E-state index in [1.54, 1.807) is 0 Å². The Hall–Kier alpha value is -2.90. The number of nitrogens with zero attached hydrogens (tertiary/aromatic N) is 1. The van der Waals surface area contributed by atoms with Crippen LogP contribution in [-0.2, 0) is 10.2 Å². The number of urea groups is 1. The minimum atomic E-state index is -1.04. The summed E-state index contributed by atoms with van der Waals surface area (Å²) in [7, 11) is 0. The van der Waals surface area contributed by atoms with Crippen molar-refractivity contribution in [3.05, 3.63) is 59.7 Å². The molecule has 0 spiro atoms. The molecular weight excluding hydrogens is 466 g/mol. The van der Waals surface area contributed by atoms with Crippen LogP contribution in [0.1, 0.15) is 69.9 Å². The molecule has 0 bridgehead atoms. The van der Waals surface area contributed by atoms with E-state index >= 15 is 0 Å². The molecule has 1 aliphatic carbocycles. The molecule has 0 atom stereocenters. The van der Waals surface area contributed by atoms with Gasteiger partial charge in [0, 0.05) is 17.4 Å². The lowest BCUT2D eigenvalue weighted by Gasteiger charge is -2.46. The SMILES string of the molecule is Cc1ccccc1NC(=O)Nc1ccc(C(C)(C)C2CCN(C3CCC(O)(CC(=O)O)CC3)CC2)cc1. The molecule has 4 rings (SSSR count). The molecule has 0 aromatic heterocycles. The van der Waals surface area contributed by atoms with Crippen LogP contribution >= 0.6 is 0 Å². The van der Waals surface area contributed by atoms with E-state index in [2.05, 4.69) is 41.5 Å². The molecule has 4 N–H and O–H groups in total. The number of aliphatic hydroxyl groups is 1. The second-order valence-electron chi connectivity index (χ2n) is 11.5. The maximum absolute atomic E-state index is 12.4. The van der Waals surface area contributed by atoms with Crippen molar-refractivity contribution in [3.8, 4) is 0 Å². The number of benzene rings is 2. The van der Waals surface area contributed by atoms with E-state index in [4.69, 9.17) is 5.11 Å². The first-order valence-electron chi connectivity index (χ1n) is 13.5. The highest BCUT2D eigenvalue weighted by Gasteiger charge is 2.39. The van der Waals surface area contributed by atoms with Gasteiger partial charge in [0.05, 0.1) is 12.0 Å². The highest BCUT2D eigenvalue weighted by atomic mass is 16.4. The molecular formula is C30H41N3O4. The van der Waals surface area contributed by atoms with Gasteiger partial charge in [-0.3, -0.25) is 4.79 Å². The molecule has 2 fully saturated rings. The van der Waals surface area contributed by atoms with Crippen molar-refractivity contribution in [3.63, 3.8) is 0 Å². The number of para-hydroxylation sites is 1. The highest BCUT2D eigenvalue weighted by Crippen LogP contribution is 2.40. The molecule has 1 saturated heterocycles. The summed E-state index contributed by atoms with van der Waals surface area (Å²) in [6.07, 6.45) is 4.94. The topological polar surface area (TPSA) is 102 Å². The first kappa shape index (κ1) is 27.1. The predicted octanol–water partition coefficient (Wildman–Crippen LogP) is 5.78. The van der Waals surface area contributed by atoms with Gasteiger partial charge in [-0.1, -0.05) is 44.2 Å². The average Bonchev–Trinajstić information content (AvgIpc) is 2.86. The van der Waals surface area contributed by atoms with Gasteiger partial charge in [0.2, 0.25) is 0 Å². The van der Waals surface area contributed by atoms with E-state index in [0.29, 0.717) is 24.8 Å². The lowest BCUT2D eigenvalue weighted by Crippen LogP contribution is -2.48. The molecule has 7 heteroatoms. The average molecular weight is 508 g/mol. The van der Waals surface area contributed by atoms with Crippen LogP contribution in [0.25, 0.3) is 0 Å². The van der Waals surface area contributed by atoms with E-state index in [-0.39, 0.29) is 17.9 Å². The van der Waals surface area contributed by atoms with Crippen LogP contribution in [0.5, 0.6) is 0 Å². The lowest BCUT2D eigenvalue weighted by atomic mass is 9.69. The Morgan fingerprint density at radius 1 is 0.973 bits per heavy atom. The quantitative estimate of drug-likeness (QED) is 0.381. The van der Waals surface area contributed by atoms with Gasteiger partial charge in [0.1, 0.15) is 0 Å². The molecule has 1 saturated carbocycles. The van der Waals surface area contributed by atoms with Crippen LogP contribution in [0.4, 0.5) is 16.2 Å². The van der Waals surface area contributed by atoms with Gasteiger partial charge in [0.25, 0.3) is 0 Å². The van der Waals surface area contributed by atoms with Crippen molar-refractivity contribution in [2.75, 3.05) is 23.7 Å². The van der Waals surface area contributed by atoms with Crippen LogP contribution in [0.2, 0.25) is 0 Å². The third kappa shape index (κ3) is 6.70. The van der Waals surface area contributed by atoms with Gasteiger partial charge >= 0.3 is 12.0 Å². The Balaban J connectivity index is 1.28. The summed E-state index contributed by atoms with van der Waals surface area (Å²) >= 11 is 0. The number of amides is 2. The monoisotopic (exact) mass is 507 g/mol. The lowest BCUT2D eigenvalue weighted by molar-refractivity contribution is -0.144. The van der Waals surface area contributed by atoms with E-state index < -0.39 is 11.6 Å². The van der Waals surface area contributed by atoms with Crippen molar-refractivity contribution >= 4 is 23.4 Å². The van der Waals surface area contributed by atoms with Crippen LogP contribution in [0.15, 0.2) is 48.5 Å². The van der Waals surface area contributed by atoms with E-state index in [9.17, 15) is 14.7 Å². The maximum Gasteiger partial charge on any atom is 0.323 e. The maximum atomic E-state index is 12.4. The van der Waals surface area contributed by atoms with E-state index in [0.717, 1.165) is 55.7 Å². The fourth-order valence-electron chi connectivity index (χ4n) is 6.17. The summed E-state index contributed by atoms with van der Waals surface area (Å²) in [5.74, 6) is -0.363. The number of likely N-dealkylation sites (tertiary alicyclic amines) is 1. The molecule has 37 heavy (non-hydrogen) atoms. The van der Waals surface area contributed by atoms with E-state index in [1.807, 2.05) is 43.3 Å². The first-order valence-corrected chi connectivity index (χ1v) is 13.5. The number of carbonyl (C=O) groups excluding carboxylic acids is 1. The Bertz CT molecular complexity index is 1080. The zero-order valence-electron chi connectivity index (χ0n) is 22.3. The largest absolute Gasteiger partial charge is 0.481 e. The zero-order chi connectivity index (χ0) is 26.6. The van der Waals surface area contributed by atoms with Gasteiger partial charge in [-0.25, -0.2) is 4.79 Å². The standard InChI is InChI=1S/C30H41N3O4/c1-21-6-4-5-7-26(21)32-28(36)31-24-10-8-22(9-11-24)29(2,3)23-14-18-33(19-15-23)25-12-16-30(37,17-13-25)20-27(34)35/h4-11,23,25,37H,12-20H2,1-3H3,(H,34,35)(H2,31,32,36). The number of hydrogen-bond donors (Lipinski definition) is 4. The Morgan fingerprint density at radius 2 is 1.59 bits per heavy atom. The minimum Gasteiger partial charge on any atom is -0.481 e. The van der Waals surface area contributed by atoms with Crippen molar-refractivity contribution in [1.82, 2.24) is 4.90 Å². The zero-order valence-corrected chi connectivity index (χ0v) is 22.3. The predicted molar refractivity (Wildman–Crippen MR) is 147 cm³/mol. The Labute approximate surface area is 220 Å². The number of anilines is 2. The summed E-state index contributed by atoms with van der Waals surface area (Å²) in [5.41, 5.74) is 2.83. The van der Waals surface area contributed by atoms with Crippen molar-refractivity contribution in [2.24, 2.45) is 5.92 Å². The highest BCUT2D eigenvalue weighted by molar-refractivity contribution is 6.00. The van der Waals surface area contributed by atoms with Crippen molar-refractivity contribution < 1.29 is 19.8 Å². The van der Waals surface area contributed by atoms with Gasteiger partial charge in [-0.15, -0.1) is 0 Å². The second kappa shape index (κ2) is 11.2. The number of aryl methyl sites for hydroxylation is 1. The number of nitrogens with one attached hydrogen (secondary N) is 2. The van der Waals surface area contributed by atoms with Gasteiger partial charge in [-0.2, -0.15) is 0 Å². The van der Waals surface area contributed by atoms with Gasteiger partial charge in [-0.05, 0) is 99.2 Å². The Kier molecular flexibility index (Phi) is 8.24. The van der Waals surface area contributed by atoms with E-state index in [1.165, 1.54) is 5.56 Å². The van der Waals surface area contributed by atoms with Crippen LogP contribution in [0.3, 0.4) is 0 Å². The normalized spacial score (nSPS) is 23.4. The molecule has 2 aromatic rings. The number of aliphatic carboxylic acids is 1. The third-order valence-corrected chi connectivity index (χ3v) is 8.71. The smallest absolute Gasteiger partial charge is 0.323 e. The second-order valence-corrected chi connectivity index (χ2v) is 11.5. The van der Waals surface area contributed by atoms with Gasteiger partial charge < -0.3 is 25.7 Å². The third-order valence-electron chi connectivity index (χ3n) is 8.71.